The number of aryl methyl sites for hydroxylation is 1. The summed E-state index contributed by atoms with van der Waals surface area (Å²) in [6.45, 7) is 7.77. The summed E-state index contributed by atoms with van der Waals surface area (Å²) < 4.78 is 0. The monoisotopic (exact) mass is 186 g/mol. The molecule has 0 spiro atoms. The Hall–Kier alpha value is -1.30. The van der Waals surface area contributed by atoms with Gasteiger partial charge in [-0.05, 0) is 31.2 Å². The molecule has 0 unspecified atom stereocenters. The Balaban J connectivity index is 2.27. The first-order valence-corrected chi connectivity index (χ1v) is 5.14. The summed E-state index contributed by atoms with van der Waals surface area (Å²) in [5.41, 5.74) is 2.72. The summed E-state index contributed by atoms with van der Waals surface area (Å²) in [6.07, 6.45) is 6.28. The molecular weight excluding hydrogens is 168 g/mol. The Kier molecular flexibility index (Phi) is 4.77. The van der Waals surface area contributed by atoms with Crippen LogP contribution in [0.25, 0.3) is 0 Å². The molecule has 0 fully saturated rings. The maximum atomic E-state index is 4.06. The molecule has 0 saturated heterocycles. The lowest BCUT2D eigenvalue weighted by Gasteiger charge is -2.03. The lowest BCUT2D eigenvalue weighted by atomic mass is 10.0. The van der Waals surface area contributed by atoms with Gasteiger partial charge in [-0.15, -0.1) is 6.58 Å². The van der Waals surface area contributed by atoms with Crippen LogP contribution in [0.15, 0.2) is 55.1 Å². The summed E-state index contributed by atoms with van der Waals surface area (Å²) in [6, 6.07) is 10.6. The summed E-state index contributed by atoms with van der Waals surface area (Å²) in [5, 5.41) is 0. The maximum absolute atomic E-state index is 4.06. The van der Waals surface area contributed by atoms with Crippen LogP contribution in [-0.2, 0) is 6.42 Å². The second-order valence-electron chi connectivity index (χ2n) is 3.56. The van der Waals surface area contributed by atoms with Crippen molar-refractivity contribution >= 4 is 0 Å². The van der Waals surface area contributed by atoms with E-state index in [1.807, 2.05) is 6.08 Å². The molecule has 1 rings (SSSR count). The second-order valence-corrected chi connectivity index (χ2v) is 3.56. The van der Waals surface area contributed by atoms with Gasteiger partial charge >= 0.3 is 0 Å². The highest BCUT2D eigenvalue weighted by atomic mass is 14.0. The molecule has 0 amide bonds. The quantitative estimate of drug-likeness (QED) is 0.586. The number of hydrogen-bond acceptors (Lipinski definition) is 0. The van der Waals surface area contributed by atoms with E-state index in [1.165, 1.54) is 11.1 Å². The topological polar surface area (TPSA) is 0 Å². The van der Waals surface area contributed by atoms with Gasteiger partial charge in [0, 0.05) is 0 Å². The maximum Gasteiger partial charge on any atom is -0.0242 e. The predicted molar refractivity (Wildman–Crippen MR) is 63.3 cm³/mol. The SMILES string of the molecule is C=CCCC(=C)CCc1ccccc1. The molecule has 0 N–H and O–H groups in total. The minimum Gasteiger partial charge on any atom is -0.103 e. The molecule has 0 saturated carbocycles. The summed E-state index contributed by atoms with van der Waals surface area (Å²) in [5.74, 6) is 0. The third-order valence-corrected chi connectivity index (χ3v) is 2.31. The molecule has 0 heterocycles. The van der Waals surface area contributed by atoms with Crippen molar-refractivity contribution in [3.8, 4) is 0 Å². The van der Waals surface area contributed by atoms with E-state index in [2.05, 4.69) is 43.5 Å². The van der Waals surface area contributed by atoms with E-state index >= 15 is 0 Å². The lowest BCUT2D eigenvalue weighted by Crippen LogP contribution is -1.87. The van der Waals surface area contributed by atoms with Gasteiger partial charge < -0.3 is 0 Å². The Labute approximate surface area is 87.0 Å². The van der Waals surface area contributed by atoms with Crippen molar-refractivity contribution in [3.05, 3.63) is 60.7 Å². The van der Waals surface area contributed by atoms with Gasteiger partial charge in [0.05, 0.1) is 0 Å². The molecule has 0 atom stereocenters. The fourth-order valence-corrected chi connectivity index (χ4v) is 1.40. The van der Waals surface area contributed by atoms with Crippen LogP contribution in [0.4, 0.5) is 0 Å². The Morgan fingerprint density at radius 3 is 2.50 bits per heavy atom. The molecule has 0 aliphatic heterocycles. The van der Waals surface area contributed by atoms with Gasteiger partial charge in [-0.1, -0.05) is 48.6 Å². The smallest absolute Gasteiger partial charge is 0.0242 e. The van der Waals surface area contributed by atoms with Gasteiger partial charge in [-0.25, -0.2) is 0 Å². The van der Waals surface area contributed by atoms with Crippen LogP contribution in [-0.4, -0.2) is 0 Å². The molecule has 0 aliphatic carbocycles. The fourth-order valence-electron chi connectivity index (χ4n) is 1.40. The first kappa shape index (κ1) is 10.8. The van der Waals surface area contributed by atoms with Gasteiger partial charge in [0.15, 0.2) is 0 Å². The Morgan fingerprint density at radius 1 is 1.14 bits per heavy atom. The van der Waals surface area contributed by atoms with Gasteiger partial charge in [0.1, 0.15) is 0 Å². The largest absolute Gasteiger partial charge is 0.103 e. The normalized spacial score (nSPS) is 9.71. The number of rotatable bonds is 6. The van der Waals surface area contributed by atoms with Gasteiger partial charge in [-0.2, -0.15) is 0 Å². The first-order chi connectivity index (χ1) is 6.83. The van der Waals surface area contributed by atoms with Gasteiger partial charge in [0.2, 0.25) is 0 Å². The van der Waals surface area contributed by atoms with Crippen LogP contribution in [0.3, 0.4) is 0 Å². The van der Waals surface area contributed by atoms with E-state index in [0.29, 0.717) is 0 Å². The third kappa shape index (κ3) is 4.08. The minimum atomic E-state index is 1.05. The molecule has 0 bridgehead atoms. The van der Waals surface area contributed by atoms with E-state index in [-0.39, 0.29) is 0 Å². The summed E-state index contributed by atoms with van der Waals surface area (Å²) in [4.78, 5) is 0. The van der Waals surface area contributed by atoms with Crippen LogP contribution < -0.4 is 0 Å². The Morgan fingerprint density at radius 2 is 1.86 bits per heavy atom. The van der Waals surface area contributed by atoms with Crippen LogP contribution in [0.1, 0.15) is 24.8 Å². The highest BCUT2D eigenvalue weighted by Gasteiger charge is 1.95. The van der Waals surface area contributed by atoms with E-state index in [9.17, 15) is 0 Å². The Bertz CT molecular complexity index is 282. The highest BCUT2D eigenvalue weighted by molar-refractivity contribution is 5.16. The van der Waals surface area contributed by atoms with Crippen molar-refractivity contribution in [2.45, 2.75) is 25.7 Å². The number of benzene rings is 1. The van der Waals surface area contributed by atoms with Gasteiger partial charge in [0.25, 0.3) is 0 Å². The van der Waals surface area contributed by atoms with Crippen molar-refractivity contribution in [2.24, 2.45) is 0 Å². The summed E-state index contributed by atoms with van der Waals surface area (Å²) >= 11 is 0. The van der Waals surface area contributed by atoms with Crippen LogP contribution in [0.5, 0.6) is 0 Å². The van der Waals surface area contributed by atoms with Crippen molar-refractivity contribution in [1.82, 2.24) is 0 Å². The number of allylic oxidation sites excluding steroid dienone is 2. The van der Waals surface area contributed by atoms with Crippen molar-refractivity contribution in [3.63, 3.8) is 0 Å². The van der Waals surface area contributed by atoms with Crippen molar-refractivity contribution < 1.29 is 0 Å². The van der Waals surface area contributed by atoms with E-state index in [4.69, 9.17) is 0 Å². The van der Waals surface area contributed by atoms with E-state index in [0.717, 1.165) is 25.7 Å². The molecule has 0 heteroatoms. The molecule has 0 aromatic heterocycles. The standard InChI is InChI=1S/C14H18/c1-3-4-8-13(2)11-12-14-9-6-5-7-10-14/h3,5-7,9-10H,1-2,4,8,11-12H2. The molecule has 0 radical (unpaired) electrons. The molecule has 0 aliphatic rings. The first-order valence-electron chi connectivity index (χ1n) is 5.14. The van der Waals surface area contributed by atoms with E-state index < -0.39 is 0 Å². The fraction of sp³-hybridized carbons (Fsp3) is 0.286. The van der Waals surface area contributed by atoms with Gasteiger partial charge in [-0.3, -0.25) is 0 Å². The average Bonchev–Trinajstić information content (AvgIpc) is 2.25. The van der Waals surface area contributed by atoms with Crippen LogP contribution >= 0.6 is 0 Å². The molecule has 0 nitrogen and oxygen atoms in total. The highest BCUT2D eigenvalue weighted by Crippen LogP contribution is 2.12. The molecular formula is C14H18. The molecule has 14 heavy (non-hydrogen) atoms. The minimum absolute atomic E-state index is 1.05. The zero-order valence-corrected chi connectivity index (χ0v) is 8.71. The zero-order valence-electron chi connectivity index (χ0n) is 8.71. The average molecular weight is 186 g/mol. The van der Waals surface area contributed by atoms with Crippen LogP contribution in [0, 0.1) is 0 Å². The molecule has 74 valence electrons. The van der Waals surface area contributed by atoms with Crippen molar-refractivity contribution in [1.29, 1.82) is 0 Å². The molecule has 1 aromatic carbocycles. The van der Waals surface area contributed by atoms with Crippen LogP contribution in [0.2, 0.25) is 0 Å². The van der Waals surface area contributed by atoms with Crippen molar-refractivity contribution in [2.75, 3.05) is 0 Å². The predicted octanol–water partition coefficient (Wildman–Crippen LogP) is 4.14. The lowest BCUT2D eigenvalue weighted by molar-refractivity contribution is 0.854. The summed E-state index contributed by atoms with van der Waals surface area (Å²) in [7, 11) is 0. The third-order valence-electron chi connectivity index (χ3n) is 2.31. The second kappa shape index (κ2) is 6.20. The van der Waals surface area contributed by atoms with E-state index in [1.54, 1.807) is 0 Å². The zero-order chi connectivity index (χ0) is 10.2. The number of hydrogen-bond donors (Lipinski definition) is 0. The molecule has 1 aromatic rings.